The molecule has 0 aromatic carbocycles. The highest BCUT2D eigenvalue weighted by Crippen LogP contribution is 2.13. The molecule has 2 unspecified atom stereocenters. The van der Waals surface area contributed by atoms with E-state index in [1.54, 1.807) is 7.11 Å². The van der Waals surface area contributed by atoms with Crippen molar-refractivity contribution in [1.29, 1.82) is 0 Å². The second-order valence-corrected chi connectivity index (χ2v) is 4.18. The summed E-state index contributed by atoms with van der Waals surface area (Å²) in [5.41, 5.74) is 5.55. The van der Waals surface area contributed by atoms with E-state index in [0.717, 1.165) is 6.42 Å². The van der Waals surface area contributed by atoms with Crippen LogP contribution >= 0.6 is 0 Å². The first-order valence-corrected chi connectivity index (χ1v) is 5.79. The number of methoxy groups -OCH3 is 1. The molecule has 0 saturated carbocycles. The Balaban J connectivity index is 2.39. The summed E-state index contributed by atoms with van der Waals surface area (Å²) in [4.78, 5) is 13.8. The van der Waals surface area contributed by atoms with Gasteiger partial charge >= 0.3 is 0 Å². The zero-order valence-electron chi connectivity index (χ0n) is 10.1. The highest BCUT2D eigenvalue weighted by molar-refractivity contribution is 5.76. The Morgan fingerprint density at radius 3 is 3.00 bits per heavy atom. The summed E-state index contributed by atoms with van der Waals surface area (Å²) in [5, 5.41) is 0. The second-order valence-electron chi connectivity index (χ2n) is 4.18. The van der Waals surface area contributed by atoms with Crippen LogP contribution in [0.4, 0.5) is 0 Å². The van der Waals surface area contributed by atoms with Gasteiger partial charge in [0.1, 0.15) is 0 Å². The first kappa shape index (κ1) is 13.4. The van der Waals surface area contributed by atoms with E-state index in [1.165, 1.54) is 0 Å². The lowest BCUT2D eigenvalue weighted by Gasteiger charge is -2.37. The van der Waals surface area contributed by atoms with Crippen LogP contribution in [-0.4, -0.2) is 56.4 Å². The average molecular weight is 230 g/mol. The van der Waals surface area contributed by atoms with Crippen molar-refractivity contribution in [2.45, 2.75) is 31.9 Å². The van der Waals surface area contributed by atoms with Crippen molar-refractivity contribution < 1.29 is 14.3 Å². The first-order chi connectivity index (χ1) is 7.69. The number of carbonyl (C=O) groups is 1. The molecule has 0 aliphatic carbocycles. The van der Waals surface area contributed by atoms with Crippen molar-refractivity contribution in [1.82, 2.24) is 4.90 Å². The first-order valence-electron chi connectivity index (χ1n) is 5.79. The molecular weight excluding hydrogens is 208 g/mol. The van der Waals surface area contributed by atoms with Crippen molar-refractivity contribution in [3.8, 4) is 0 Å². The number of morpholine rings is 1. The third-order valence-electron chi connectivity index (χ3n) is 2.83. The van der Waals surface area contributed by atoms with Gasteiger partial charge in [-0.1, -0.05) is 0 Å². The number of nitrogens with zero attached hydrogens (tertiary/aromatic N) is 1. The van der Waals surface area contributed by atoms with Gasteiger partial charge in [-0.25, -0.2) is 0 Å². The molecule has 1 saturated heterocycles. The number of rotatable bonds is 5. The summed E-state index contributed by atoms with van der Waals surface area (Å²) in [6.45, 7) is 4.29. The van der Waals surface area contributed by atoms with E-state index in [1.807, 2.05) is 11.8 Å². The Morgan fingerprint density at radius 1 is 1.62 bits per heavy atom. The largest absolute Gasteiger partial charge is 0.385 e. The number of amides is 1. The Hall–Kier alpha value is -0.650. The maximum atomic E-state index is 11.9. The molecule has 2 atom stereocenters. The predicted molar refractivity (Wildman–Crippen MR) is 61.1 cm³/mol. The summed E-state index contributed by atoms with van der Waals surface area (Å²) in [5.74, 6) is 0.173. The van der Waals surface area contributed by atoms with Gasteiger partial charge in [0.05, 0.1) is 18.8 Å². The number of nitrogens with two attached hydrogens (primary N) is 1. The molecule has 0 spiro atoms. The van der Waals surface area contributed by atoms with Crippen molar-refractivity contribution in [3.63, 3.8) is 0 Å². The van der Waals surface area contributed by atoms with Crippen molar-refractivity contribution in [2.75, 3.05) is 33.4 Å². The maximum Gasteiger partial charge on any atom is 0.223 e. The fourth-order valence-corrected chi connectivity index (χ4v) is 1.82. The van der Waals surface area contributed by atoms with Crippen LogP contribution in [0, 0.1) is 0 Å². The number of ether oxygens (including phenoxy) is 2. The highest BCUT2D eigenvalue weighted by Gasteiger charge is 2.28. The lowest BCUT2D eigenvalue weighted by Crippen LogP contribution is -2.52. The summed E-state index contributed by atoms with van der Waals surface area (Å²) in [7, 11) is 1.65. The van der Waals surface area contributed by atoms with Gasteiger partial charge in [-0.2, -0.15) is 0 Å². The van der Waals surface area contributed by atoms with Crippen LogP contribution in [0.5, 0.6) is 0 Å². The molecule has 0 bridgehead atoms. The van der Waals surface area contributed by atoms with Gasteiger partial charge in [0.15, 0.2) is 0 Å². The van der Waals surface area contributed by atoms with Gasteiger partial charge in [0.25, 0.3) is 0 Å². The van der Waals surface area contributed by atoms with Crippen LogP contribution in [0.15, 0.2) is 0 Å². The molecule has 1 rings (SSSR count). The van der Waals surface area contributed by atoms with Gasteiger partial charge < -0.3 is 20.1 Å². The Morgan fingerprint density at radius 2 is 2.38 bits per heavy atom. The lowest BCUT2D eigenvalue weighted by atomic mass is 10.1. The Kier molecular flexibility index (Phi) is 5.73. The smallest absolute Gasteiger partial charge is 0.223 e. The van der Waals surface area contributed by atoms with Crippen LogP contribution < -0.4 is 5.73 Å². The lowest BCUT2D eigenvalue weighted by molar-refractivity contribution is -0.143. The fraction of sp³-hybridized carbons (Fsp3) is 0.909. The van der Waals surface area contributed by atoms with E-state index >= 15 is 0 Å². The second kappa shape index (κ2) is 6.83. The molecule has 1 aliphatic heterocycles. The Labute approximate surface area is 96.9 Å². The summed E-state index contributed by atoms with van der Waals surface area (Å²) in [6.07, 6.45) is 1.30. The van der Waals surface area contributed by atoms with Crippen LogP contribution in [0.2, 0.25) is 0 Å². The van der Waals surface area contributed by atoms with Crippen LogP contribution in [0.25, 0.3) is 0 Å². The summed E-state index contributed by atoms with van der Waals surface area (Å²) >= 11 is 0. The molecule has 0 radical (unpaired) electrons. The zero-order chi connectivity index (χ0) is 12.0. The molecule has 0 aromatic rings. The molecule has 1 heterocycles. The van der Waals surface area contributed by atoms with Crippen LogP contribution in [-0.2, 0) is 14.3 Å². The molecular formula is C11H22N2O3. The summed E-state index contributed by atoms with van der Waals surface area (Å²) in [6, 6.07) is 0.151. The predicted octanol–water partition coefficient (Wildman–Crippen LogP) is -0.0124. The topological polar surface area (TPSA) is 64.8 Å². The van der Waals surface area contributed by atoms with Gasteiger partial charge in [-0.15, -0.1) is 0 Å². The number of hydrogen-bond donors (Lipinski definition) is 1. The van der Waals surface area contributed by atoms with Gasteiger partial charge in [0, 0.05) is 33.2 Å². The standard InChI is InChI=1S/C11H22N2O3/c1-9-8-16-10(6-12)7-13(9)11(14)4-3-5-15-2/h9-10H,3-8,12H2,1-2H3. The molecule has 1 fully saturated rings. The van der Waals surface area contributed by atoms with Gasteiger partial charge in [-0.05, 0) is 13.3 Å². The molecule has 1 aliphatic rings. The number of carbonyl (C=O) groups excluding carboxylic acids is 1. The quantitative estimate of drug-likeness (QED) is 0.675. The third-order valence-corrected chi connectivity index (χ3v) is 2.83. The van der Waals surface area contributed by atoms with E-state index in [2.05, 4.69) is 0 Å². The van der Waals surface area contributed by atoms with Crippen molar-refractivity contribution in [2.24, 2.45) is 5.73 Å². The highest BCUT2D eigenvalue weighted by atomic mass is 16.5. The SMILES string of the molecule is COCCCC(=O)N1CC(CN)OCC1C. The minimum atomic E-state index is -0.0115. The summed E-state index contributed by atoms with van der Waals surface area (Å²) < 4.78 is 10.4. The van der Waals surface area contributed by atoms with Gasteiger partial charge in [-0.3, -0.25) is 4.79 Å². The molecule has 94 valence electrons. The Bertz CT molecular complexity index is 223. The average Bonchev–Trinajstić information content (AvgIpc) is 2.30. The van der Waals surface area contributed by atoms with Gasteiger partial charge in [0.2, 0.25) is 5.91 Å². The number of hydrogen-bond acceptors (Lipinski definition) is 4. The molecule has 5 heteroatoms. The minimum absolute atomic E-state index is 0.0115. The monoisotopic (exact) mass is 230 g/mol. The fourth-order valence-electron chi connectivity index (χ4n) is 1.82. The van der Waals surface area contributed by atoms with E-state index in [9.17, 15) is 4.79 Å². The molecule has 2 N–H and O–H groups in total. The third kappa shape index (κ3) is 3.73. The van der Waals surface area contributed by atoms with E-state index < -0.39 is 0 Å². The van der Waals surface area contributed by atoms with Crippen molar-refractivity contribution >= 4 is 5.91 Å². The normalized spacial score (nSPS) is 25.8. The minimum Gasteiger partial charge on any atom is -0.385 e. The van der Waals surface area contributed by atoms with Crippen LogP contribution in [0.3, 0.4) is 0 Å². The van der Waals surface area contributed by atoms with E-state index in [0.29, 0.717) is 32.7 Å². The van der Waals surface area contributed by atoms with E-state index in [-0.39, 0.29) is 18.1 Å². The van der Waals surface area contributed by atoms with Crippen LogP contribution in [0.1, 0.15) is 19.8 Å². The molecule has 5 nitrogen and oxygen atoms in total. The maximum absolute atomic E-state index is 11.9. The molecule has 16 heavy (non-hydrogen) atoms. The zero-order valence-corrected chi connectivity index (χ0v) is 10.1. The molecule has 0 aromatic heterocycles. The van der Waals surface area contributed by atoms with E-state index in [4.69, 9.17) is 15.2 Å². The van der Waals surface area contributed by atoms with Crippen molar-refractivity contribution in [3.05, 3.63) is 0 Å². The molecule has 1 amide bonds.